The molecule has 0 saturated heterocycles. The van der Waals surface area contributed by atoms with Crippen molar-refractivity contribution in [2.24, 2.45) is 5.73 Å². The first-order chi connectivity index (χ1) is 5.07. The fraction of sp³-hybridized carbons (Fsp3) is 0.857. The zero-order valence-corrected chi connectivity index (χ0v) is 7.26. The second-order valence-electron chi connectivity index (χ2n) is 2.65. The molecule has 0 fully saturated rings. The van der Waals surface area contributed by atoms with Gasteiger partial charge in [0.15, 0.2) is 0 Å². The molecule has 2 unspecified atom stereocenters. The molecule has 0 rings (SSSR count). The third kappa shape index (κ3) is 4.75. The second-order valence-corrected chi connectivity index (χ2v) is 2.65. The fourth-order valence-corrected chi connectivity index (χ4v) is 0.807. The minimum absolute atomic E-state index is 0.155. The van der Waals surface area contributed by atoms with Crippen molar-refractivity contribution in [2.75, 3.05) is 13.7 Å². The van der Waals surface area contributed by atoms with Crippen molar-refractivity contribution in [1.29, 1.82) is 0 Å². The summed E-state index contributed by atoms with van der Waals surface area (Å²) in [6, 6.07) is -0.136. The number of primary amides is 1. The van der Waals surface area contributed by atoms with E-state index in [2.05, 4.69) is 5.32 Å². The summed E-state index contributed by atoms with van der Waals surface area (Å²) in [5, 5.41) is 2.98. The molecule has 0 saturated carbocycles. The highest BCUT2D eigenvalue weighted by atomic mass is 16.5. The van der Waals surface area contributed by atoms with Crippen LogP contribution in [-0.4, -0.2) is 31.7 Å². The lowest BCUT2D eigenvalue weighted by atomic mass is 10.2. The maximum absolute atomic E-state index is 10.6. The predicted molar refractivity (Wildman–Crippen MR) is 43.1 cm³/mol. The van der Waals surface area contributed by atoms with Gasteiger partial charge in [0.2, 0.25) is 5.91 Å². The first-order valence-electron chi connectivity index (χ1n) is 3.62. The van der Waals surface area contributed by atoms with Crippen LogP contribution in [0.25, 0.3) is 0 Å². The minimum atomic E-state index is -0.340. The Labute approximate surface area is 67.1 Å². The Morgan fingerprint density at radius 2 is 2.18 bits per heavy atom. The molecule has 4 nitrogen and oxygen atoms in total. The standard InChI is InChI=1S/C7H16N2O2/c1-5(4-11-3)9-6(2)7(8)10/h5-6,9H,4H2,1-3H3,(H2,8,10). The Morgan fingerprint density at radius 1 is 1.64 bits per heavy atom. The van der Waals surface area contributed by atoms with Crippen LogP contribution < -0.4 is 11.1 Å². The molecule has 0 aliphatic heterocycles. The van der Waals surface area contributed by atoms with E-state index in [4.69, 9.17) is 10.5 Å². The Kier molecular flexibility index (Phi) is 4.81. The highest BCUT2D eigenvalue weighted by molar-refractivity contribution is 5.79. The molecule has 0 aliphatic carbocycles. The van der Waals surface area contributed by atoms with E-state index in [1.54, 1.807) is 14.0 Å². The number of rotatable bonds is 5. The predicted octanol–water partition coefficient (Wildman–Crippen LogP) is -0.515. The first-order valence-corrected chi connectivity index (χ1v) is 3.62. The third-order valence-electron chi connectivity index (χ3n) is 1.38. The van der Waals surface area contributed by atoms with Crippen molar-refractivity contribution in [3.05, 3.63) is 0 Å². The lowest BCUT2D eigenvalue weighted by Crippen LogP contribution is -2.44. The summed E-state index contributed by atoms with van der Waals surface area (Å²) in [4.78, 5) is 10.6. The van der Waals surface area contributed by atoms with E-state index in [0.29, 0.717) is 6.61 Å². The summed E-state index contributed by atoms with van der Waals surface area (Å²) in [7, 11) is 1.62. The van der Waals surface area contributed by atoms with Crippen molar-refractivity contribution in [3.63, 3.8) is 0 Å². The summed E-state index contributed by atoms with van der Waals surface area (Å²) in [6.07, 6.45) is 0. The van der Waals surface area contributed by atoms with Crippen LogP contribution in [-0.2, 0) is 9.53 Å². The number of carbonyl (C=O) groups is 1. The van der Waals surface area contributed by atoms with Crippen LogP contribution >= 0.6 is 0 Å². The van der Waals surface area contributed by atoms with Crippen molar-refractivity contribution in [3.8, 4) is 0 Å². The van der Waals surface area contributed by atoms with E-state index in [1.165, 1.54) is 0 Å². The number of methoxy groups -OCH3 is 1. The van der Waals surface area contributed by atoms with Crippen molar-refractivity contribution in [1.82, 2.24) is 5.32 Å². The van der Waals surface area contributed by atoms with Crippen LogP contribution in [0.1, 0.15) is 13.8 Å². The highest BCUT2D eigenvalue weighted by Gasteiger charge is 2.10. The molecule has 0 aliphatic rings. The van der Waals surface area contributed by atoms with Gasteiger partial charge < -0.3 is 15.8 Å². The lowest BCUT2D eigenvalue weighted by Gasteiger charge is -2.16. The number of carbonyl (C=O) groups excluding carboxylic acids is 1. The van der Waals surface area contributed by atoms with Gasteiger partial charge in [-0.15, -0.1) is 0 Å². The van der Waals surface area contributed by atoms with Crippen LogP contribution in [0, 0.1) is 0 Å². The molecule has 4 heteroatoms. The second kappa shape index (κ2) is 5.09. The van der Waals surface area contributed by atoms with Crippen molar-refractivity contribution < 1.29 is 9.53 Å². The van der Waals surface area contributed by atoms with Gasteiger partial charge in [-0.25, -0.2) is 0 Å². The van der Waals surface area contributed by atoms with E-state index in [1.807, 2.05) is 6.92 Å². The van der Waals surface area contributed by atoms with Crippen LogP contribution in [0.15, 0.2) is 0 Å². The van der Waals surface area contributed by atoms with Gasteiger partial charge in [0, 0.05) is 13.2 Å². The minimum Gasteiger partial charge on any atom is -0.383 e. The topological polar surface area (TPSA) is 64.3 Å². The molecular weight excluding hydrogens is 144 g/mol. The molecule has 2 atom stereocenters. The summed E-state index contributed by atoms with van der Waals surface area (Å²) >= 11 is 0. The number of hydrogen-bond acceptors (Lipinski definition) is 3. The molecule has 0 aromatic carbocycles. The number of nitrogens with one attached hydrogen (secondary N) is 1. The summed E-state index contributed by atoms with van der Waals surface area (Å²) in [5.41, 5.74) is 5.04. The molecule has 11 heavy (non-hydrogen) atoms. The molecule has 1 amide bonds. The van der Waals surface area contributed by atoms with E-state index >= 15 is 0 Å². The van der Waals surface area contributed by atoms with Crippen molar-refractivity contribution in [2.45, 2.75) is 25.9 Å². The molecule has 3 N–H and O–H groups in total. The van der Waals surface area contributed by atoms with Gasteiger partial charge in [-0.2, -0.15) is 0 Å². The van der Waals surface area contributed by atoms with Gasteiger partial charge in [0.05, 0.1) is 12.6 Å². The van der Waals surface area contributed by atoms with Crippen LogP contribution in [0.2, 0.25) is 0 Å². The number of hydrogen-bond donors (Lipinski definition) is 2. The van der Waals surface area contributed by atoms with Crippen LogP contribution in [0.5, 0.6) is 0 Å². The van der Waals surface area contributed by atoms with E-state index in [-0.39, 0.29) is 18.0 Å². The van der Waals surface area contributed by atoms with Gasteiger partial charge in [0.1, 0.15) is 0 Å². The Morgan fingerprint density at radius 3 is 2.55 bits per heavy atom. The molecule has 0 aromatic heterocycles. The number of ether oxygens (including phenoxy) is 1. The smallest absolute Gasteiger partial charge is 0.234 e. The summed E-state index contributed by atoms with van der Waals surface area (Å²) in [6.45, 7) is 4.25. The normalized spacial score (nSPS) is 15.9. The largest absolute Gasteiger partial charge is 0.383 e. The third-order valence-corrected chi connectivity index (χ3v) is 1.38. The zero-order valence-electron chi connectivity index (χ0n) is 7.26. The van der Waals surface area contributed by atoms with Crippen LogP contribution in [0.4, 0.5) is 0 Å². The first kappa shape index (κ1) is 10.4. The van der Waals surface area contributed by atoms with Crippen LogP contribution in [0.3, 0.4) is 0 Å². The molecule has 0 spiro atoms. The molecule has 66 valence electrons. The van der Waals surface area contributed by atoms with Crippen molar-refractivity contribution >= 4 is 5.91 Å². The maximum atomic E-state index is 10.6. The van der Waals surface area contributed by atoms with Gasteiger partial charge >= 0.3 is 0 Å². The van der Waals surface area contributed by atoms with Gasteiger partial charge in [0.25, 0.3) is 0 Å². The Bertz CT molecular complexity index is 128. The quantitative estimate of drug-likeness (QED) is 0.569. The Hall–Kier alpha value is -0.610. The van der Waals surface area contributed by atoms with Gasteiger partial charge in [-0.3, -0.25) is 4.79 Å². The van der Waals surface area contributed by atoms with Gasteiger partial charge in [-0.1, -0.05) is 0 Å². The number of amides is 1. The maximum Gasteiger partial charge on any atom is 0.234 e. The number of nitrogens with two attached hydrogens (primary N) is 1. The molecule has 0 bridgehead atoms. The average Bonchev–Trinajstić information content (AvgIpc) is 1.87. The van der Waals surface area contributed by atoms with E-state index < -0.39 is 0 Å². The SMILES string of the molecule is COCC(C)NC(C)C(N)=O. The van der Waals surface area contributed by atoms with E-state index in [0.717, 1.165) is 0 Å². The molecular formula is C7H16N2O2. The average molecular weight is 160 g/mol. The van der Waals surface area contributed by atoms with E-state index in [9.17, 15) is 4.79 Å². The molecule has 0 heterocycles. The Balaban J connectivity index is 3.56. The molecule has 0 aromatic rings. The zero-order chi connectivity index (χ0) is 8.85. The highest BCUT2D eigenvalue weighted by Crippen LogP contribution is 1.86. The summed E-state index contributed by atoms with van der Waals surface area (Å²) < 4.78 is 4.87. The molecule has 0 radical (unpaired) electrons. The summed E-state index contributed by atoms with van der Waals surface area (Å²) in [5.74, 6) is -0.340. The lowest BCUT2D eigenvalue weighted by molar-refractivity contribution is -0.119. The monoisotopic (exact) mass is 160 g/mol. The fourth-order valence-electron chi connectivity index (χ4n) is 0.807. The van der Waals surface area contributed by atoms with Gasteiger partial charge in [-0.05, 0) is 13.8 Å².